The minimum absolute atomic E-state index is 0.238. The Labute approximate surface area is 84.8 Å². The van der Waals surface area contributed by atoms with Crippen molar-refractivity contribution in [1.82, 2.24) is 4.90 Å². The van der Waals surface area contributed by atoms with Crippen molar-refractivity contribution in [3.63, 3.8) is 0 Å². The van der Waals surface area contributed by atoms with Crippen LogP contribution >= 0.6 is 0 Å². The zero-order valence-electron chi connectivity index (χ0n) is 7.87. The normalized spacial score (nSPS) is 16.8. The van der Waals surface area contributed by atoms with Gasteiger partial charge in [-0.1, -0.05) is 0 Å². The molecule has 1 atom stereocenters. The van der Waals surface area contributed by atoms with E-state index in [9.17, 15) is 14.4 Å². The van der Waals surface area contributed by atoms with E-state index in [1.54, 1.807) is 0 Å². The fourth-order valence-corrected chi connectivity index (χ4v) is 1.14. The van der Waals surface area contributed by atoms with Crippen molar-refractivity contribution < 1.29 is 29.3 Å². The molecule has 2 amide bonds. The first-order valence-corrected chi connectivity index (χ1v) is 4.09. The van der Waals surface area contributed by atoms with Crippen LogP contribution in [0.25, 0.3) is 0 Å². The van der Waals surface area contributed by atoms with E-state index in [4.69, 9.17) is 5.26 Å². The van der Waals surface area contributed by atoms with Crippen LogP contribution in [0, 0.1) is 0 Å². The second kappa shape index (κ2) is 4.56. The Balaban J connectivity index is 2.47. The first kappa shape index (κ1) is 11.2. The predicted molar refractivity (Wildman–Crippen MR) is 45.5 cm³/mol. The summed E-state index contributed by atoms with van der Waals surface area (Å²) in [5.74, 6) is -0.929. The Kier molecular flexibility index (Phi) is 3.40. The third-order valence-electron chi connectivity index (χ3n) is 1.80. The maximum atomic E-state index is 11.1. The summed E-state index contributed by atoms with van der Waals surface area (Å²) in [6.07, 6.45) is 0.973. The summed E-state index contributed by atoms with van der Waals surface area (Å²) in [6.45, 7) is 1.28. The second-order valence-corrected chi connectivity index (χ2v) is 2.88. The molecule has 7 nitrogen and oxygen atoms in total. The van der Waals surface area contributed by atoms with Crippen molar-refractivity contribution in [1.29, 1.82) is 0 Å². The van der Waals surface area contributed by atoms with Gasteiger partial charge >= 0.3 is 6.16 Å². The van der Waals surface area contributed by atoms with Crippen LogP contribution in [0.2, 0.25) is 0 Å². The van der Waals surface area contributed by atoms with Gasteiger partial charge in [0.15, 0.2) is 0 Å². The van der Waals surface area contributed by atoms with Crippen molar-refractivity contribution >= 4 is 18.0 Å². The smallest absolute Gasteiger partial charge is 0.430 e. The SMILES string of the molecule is CC(COC(=O)OO)N1C(=O)C=CC1=O. The Morgan fingerprint density at radius 2 is 2.00 bits per heavy atom. The molecule has 7 heteroatoms. The van der Waals surface area contributed by atoms with E-state index in [0.717, 1.165) is 17.1 Å². The molecule has 0 bridgehead atoms. The molecule has 0 radical (unpaired) electrons. The molecule has 0 spiro atoms. The number of rotatable bonds is 3. The molecule has 1 aliphatic heterocycles. The minimum atomic E-state index is -1.28. The highest BCUT2D eigenvalue weighted by molar-refractivity contribution is 6.13. The predicted octanol–water partition coefficient (Wildman–Crippen LogP) is -0.0739. The zero-order chi connectivity index (χ0) is 11.4. The molecule has 82 valence electrons. The second-order valence-electron chi connectivity index (χ2n) is 2.88. The lowest BCUT2D eigenvalue weighted by Gasteiger charge is -2.21. The number of ether oxygens (including phenoxy) is 1. The average Bonchev–Trinajstić information content (AvgIpc) is 2.54. The Morgan fingerprint density at radius 1 is 1.47 bits per heavy atom. The third-order valence-corrected chi connectivity index (χ3v) is 1.80. The first-order valence-electron chi connectivity index (χ1n) is 4.09. The standard InChI is InChI=1S/C8H9NO6/c1-5(4-14-8(12)15-13)9-6(10)2-3-7(9)11/h2-3,5,13H,4H2,1H3. The van der Waals surface area contributed by atoms with Gasteiger partial charge in [-0.15, -0.1) is 0 Å². The van der Waals surface area contributed by atoms with Gasteiger partial charge in [-0.25, -0.2) is 4.79 Å². The topological polar surface area (TPSA) is 93.1 Å². The lowest BCUT2D eigenvalue weighted by Crippen LogP contribution is -2.41. The molecule has 1 N–H and O–H groups in total. The van der Waals surface area contributed by atoms with Crippen molar-refractivity contribution in [3.05, 3.63) is 12.2 Å². The zero-order valence-corrected chi connectivity index (χ0v) is 7.87. The van der Waals surface area contributed by atoms with E-state index in [2.05, 4.69) is 9.62 Å². The van der Waals surface area contributed by atoms with E-state index in [1.807, 2.05) is 0 Å². The van der Waals surface area contributed by atoms with Crippen LogP contribution < -0.4 is 0 Å². The molecule has 0 aromatic heterocycles. The van der Waals surface area contributed by atoms with E-state index in [-0.39, 0.29) is 6.61 Å². The minimum Gasteiger partial charge on any atom is -0.430 e. The van der Waals surface area contributed by atoms with Crippen LogP contribution in [-0.4, -0.2) is 40.8 Å². The van der Waals surface area contributed by atoms with Crippen molar-refractivity contribution in [3.8, 4) is 0 Å². The summed E-state index contributed by atoms with van der Waals surface area (Å²) in [5.41, 5.74) is 0. The molecule has 1 unspecified atom stereocenters. The maximum Gasteiger partial charge on any atom is 0.540 e. The van der Waals surface area contributed by atoms with Gasteiger partial charge < -0.3 is 4.74 Å². The van der Waals surface area contributed by atoms with Gasteiger partial charge in [-0.2, -0.15) is 5.26 Å². The lowest BCUT2D eigenvalue weighted by atomic mass is 10.3. The molecule has 0 aromatic rings. The van der Waals surface area contributed by atoms with Crippen LogP contribution in [0.15, 0.2) is 12.2 Å². The lowest BCUT2D eigenvalue weighted by molar-refractivity contribution is -0.201. The molecule has 0 saturated carbocycles. The summed E-state index contributed by atoms with van der Waals surface area (Å²) in [4.78, 5) is 36.9. The summed E-state index contributed by atoms with van der Waals surface area (Å²) >= 11 is 0. The molecular formula is C8H9NO6. The summed E-state index contributed by atoms with van der Waals surface area (Å²) in [5, 5.41) is 7.88. The molecule has 0 fully saturated rings. The fourth-order valence-electron chi connectivity index (χ4n) is 1.14. The molecule has 0 saturated heterocycles. The molecule has 1 rings (SSSR count). The first-order chi connectivity index (χ1) is 7.06. The van der Waals surface area contributed by atoms with E-state index in [0.29, 0.717) is 0 Å². The number of hydrogen-bond acceptors (Lipinski definition) is 6. The van der Waals surface area contributed by atoms with Crippen LogP contribution in [0.3, 0.4) is 0 Å². The highest BCUT2D eigenvalue weighted by Gasteiger charge is 2.29. The van der Waals surface area contributed by atoms with Gasteiger partial charge in [0.2, 0.25) is 0 Å². The van der Waals surface area contributed by atoms with Crippen LogP contribution in [-0.2, 0) is 19.2 Å². The maximum absolute atomic E-state index is 11.1. The van der Waals surface area contributed by atoms with Crippen molar-refractivity contribution in [2.24, 2.45) is 0 Å². The van der Waals surface area contributed by atoms with Crippen LogP contribution in [0.1, 0.15) is 6.92 Å². The number of carbonyl (C=O) groups excluding carboxylic acids is 3. The van der Waals surface area contributed by atoms with Gasteiger partial charge in [-0.3, -0.25) is 19.4 Å². The van der Waals surface area contributed by atoms with E-state index < -0.39 is 24.0 Å². The Bertz CT molecular complexity index is 305. The van der Waals surface area contributed by atoms with Gasteiger partial charge in [0.05, 0.1) is 6.04 Å². The molecule has 1 aliphatic rings. The highest BCUT2D eigenvalue weighted by Crippen LogP contribution is 2.09. The Hall–Kier alpha value is -1.89. The number of amides is 2. The van der Waals surface area contributed by atoms with Gasteiger partial charge in [0.25, 0.3) is 11.8 Å². The number of imide groups is 1. The molecule has 15 heavy (non-hydrogen) atoms. The molecular weight excluding hydrogens is 206 g/mol. The summed E-state index contributed by atoms with van der Waals surface area (Å²) in [6, 6.07) is -0.612. The number of hydrogen-bond donors (Lipinski definition) is 1. The number of carbonyl (C=O) groups is 3. The van der Waals surface area contributed by atoms with Gasteiger partial charge in [0.1, 0.15) is 6.61 Å². The molecule has 0 aromatic carbocycles. The van der Waals surface area contributed by atoms with Gasteiger partial charge in [-0.05, 0) is 6.92 Å². The largest absolute Gasteiger partial charge is 0.540 e. The summed E-state index contributed by atoms with van der Waals surface area (Å²) < 4.78 is 4.38. The van der Waals surface area contributed by atoms with E-state index in [1.165, 1.54) is 6.92 Å². The summed E-state index contributed by atoms with van der Waals surface area (Å²) in [7, 11) is 0. The molecule has 0 aliphatic carbocycles. The van der Waals surface area contributed by atoms with Crippen LogP contribution in [0.5, 0.6) is 0 Å². The van der Waals surface area contributed by atoms with Gasteiger partial charge in [0, 0.05) is 12.2 Å². The Morgan fingerprint density at radius 3 is 2.47 bits per heavy atom. The third kappa shape index (κ3) is 2.53. The average molecular weight is 215 g/mol. The van der Waals surface area contributed by atoms with Crippen molar-refractivity contribution in [2.75, 3.05) is 6.61 Å². The fraction of sp³-hybridized carbons (Fsp3) is 0.375. The van der Waals surface area contributed by atoms with Crippen LogP contribution in [0.4, 0.5) is 4.79 Å². The highest BCUT2D eigenvalue weighted by atomic mass is 17.1. The van der Waals surface area contributed by atoms with E-state index >= 15 is 0 Å². The van der Waals surface area contributed by atoms with Crippen molar-refractivity contribution in [2.45, 2.75) is 13.0 Å². The quantitative estimate of drug-likeness (QED) is 0.306. The number of nitrogens with zero attached hydrogens (tertiary/aromatic N) is 1. The monoisotopic (exact) mass is 215 g/mol. The molecule has 1 heterocycles.